The summed E-state index contributed by atoms with van der Waals surface area (Å²) in [5, 5.41) is 7.49. The molecule has 0 aliphatic carbocycles. The first-order valence-electron chi connectivity index (χ1n) is 34.3. The van der Waals surface area contributed by atoms with Gasteiger partial charge in [-0.3, -0.25) is 14.7 Å². The molecule has 3 aliphatic rings. The average Bonchev–Trinajstić information content (AvgIpc) is 1.24. The first kappa shape index (κ1) is 77.9. The highest BCUT2D eigenvalue weighted by Crippen LogP contribution is 2.36. The Balaban J connectivity index is 0.000000169. The third-order valence-electron chi connectivity index (χ3n) is 18.5. The number of carbonyl (C=O) groups excluding carboxylic acids is 3. The summed E-state index contributed by atoms with van der Waals surface area (Å²) in [7, 11) is 1.94. The molecule has 7 aromatic carbocycles. The zero-order valence-corrected chi connectivity index (χ0v) is 58.6. The summed E-state index contributed by atoms with van der Waals surface area (Å²) >= 11 is 1.77. The zero-order valence-electron chi connectivity index (χ0n) is 57.8. The molecule has 3 N–H and O–H groups in total. The fraction of sp³-hybridized carbons (Fsp3) is 0.333. The fourth-order valence-electron chi connectivity index (χ4n) is 13.1. The number of nitrogens with one attached hydrogen (secondary N) is 3. The molecule has 0 atom stereocenters. The number of anilines is 3. The second kappa shape index (κ2) is 35.9. The molecule has 9 aromatic rings. The van der Waals surface area contributed by atoms with Gasteiger partial charge >= 0.3 is 36.6 Å². The molecule has 14 nitrogen and oxygen atoms in total. The first-order valence-corrected chi connectivity index (χ1v) is 35.2. The van der Waals surface area contributed by atoms with Gasteiger partial charge in [0, 0.05) is 136 Å². The molecule has 0 unspecified atom stereocenters. The van der Waals surface area contributed by atoms with Crippen LogP contribution in [0.4, 0.5) is 84.1 Å². The van der Waals surface area contributed by atoms with Gasteiger partial charge in [0.1, 0.15) is 23.3 Å². The number of rotatable bonds is 18. The Morgan fingerprint density at radius 2 is 0.743 bits per heavy atom. The van der Waals surface area contributed by atoms with Crippen LogP contribution in [-0.2, 0) is 64.8 Å². The van der Waals surface area contributed by atoms with Gasteiger partial charge in [-0.2, -0.15) is 39.5 Å². The zero-order chi connectivity index (χ0) is 74.8. The van der Waals surface area contributed by atoms with Gasteiger partial charge in [-0.05, 0) is 134 Å². The number of aromatic nitrogens is 2. The van der Waals surface area contributed by atoms with Crippen LogP contribution in [0.2, 0.25) is 0 Å². The van der Waals surface area contributed by atoms with E-state index in [2.05, 4.69) is 66.8 Å². The van der Waals surface area contributed by atoms with Crippen LogP contribution < -0.4 is 16.0 Å². The van der Waals surface area contributed by atoms with Gasteiger partial charge in [-0.1, -0.05) is 121 Å². The Bertz CT molecular complexity index is 4260. The number of halogens is 12. The quantitative estimate of drug-likeness (QED) is 0.0731. The number of hydrogen-bond acceptors (Lipinski definition) is 8. The maximum Gasteiger partial charge on any atom is 0.416 e. The monoisotopic (exact) mass is 1480 g/mol. The number of alkyl halides is 9. The van der Waals surface area contributed by atoms with E-state index in [9.17, 15) is 67.1 Å². The Morgan fingerprint density at radius 3 is 1.04 bits per heavy atom. The summed E-state index contributed by atoms with van der Waals surface area (Å²) in [6, 6.07) is 46.8. The Morgan fingerprint density at radius 1 is 0.429 bits per heavy atom. The maximum atomic E-state index is 13.9. The normalized spacial score (nSPS) is 15.2. The summed E-state index contributed by atoms with van der Waals surface area (Å²) in [4.78, 5) is 58.6. The van der Waals surface area contributed by atoms with Crippen LogP contribution >= 0.6 is 11.3 Å². The van der Waals surface area contributed by atoms with Crippen molar-refractivity contribution in [3.8, 4) is 0 Å². The van der Waals surface area contributed by atoms with Gasteiger partial charge in [0.05, 0.1) is 23.2 Å². The van der Waals surface area contributed by atoms with E-state index in [0.717, 1.165) is 137 Å². The Kier molecular flexibility index (Phi) is 26.6. The third kappa shape index (κ3) is 23.4. The van der Waals surface area contributed by atoms with E-state index in [1.54, 1.807) is 32.2 Å². The van der Waals surface area contributed by atoms with E-state index in [0.29, 0.717) is 50.7 Å². The first-order chi connectivity index (χ1) is 50.1. The number of amides is 6. The molecule has 12 rings (SSSR count). The SMILES string of the molecule is Cc1ccc(CN2CCC(N(Cc3ccccc3)C(=O)Nc3cc(F)cc(C(F)(F)F)c3)CC2)s1.Cn1ccnc1CN1CCC(N(Cc2ccccc2)C(=O)Nc2cc(F)cc(C(F)(F)F)c2)CC1.O=C(Nc1cc(F)cc(C(F)(F)F)c1)N(Cc1ccccc1)C1CCN(Cc2ccccc2)CC1. The number of imidazole rings is 1. The highest BCUT2D eigenvalue weighted by Gasteiger charge is 2.37. The number of urea groups is 3. The number of benzene rings is 7. The molecule has 0 spiro atoms. The molecule has 3 aliphatic heterocycles. The van der Waals surface area contributed by atoms with E-state index < -0.39 is 70.8 Å². The minimum absolute atomic E-state index is 0.0906. The summed E-state index contributed by atoms with van der Waals surface area (Å²) < 4.78 is 162. The molecular weight excluding hydrogens is 1400 g/mol. The lowest BCUT2D eigenvalue weighted by atomic mass is 10.0. The highest BCUT2D eigenvalue weighted by molar-refractivity contribution is 7.11. The van der Waals surface area contributed by atoms with Gasteiger partial charge in [-0.15, -0.1) is 11.3 Å². The minimum Gasteiger partial charge on any atom is -0.337 e. The molecule has 3 fully saturated rings. The van der Waals surface area contributed by atoms with Gasteiger partial charge in [-0.25, -0.2) is 32.5 Å². The summed E-state index contributed by atoms with van der Waals surface area (Å²) in [5.74, 6) is -2.22. The largest absolute Gasteiger partial charge is 0.416 e. The van der Waals surface area contributed by atoms with Crippen molar-refractivity contribution in [2.24, 2.45) is 7.05 Å². The van der Waals surface area contributed by atoms with Crippen molar-refractivity contribution in [3.63, 3.8) is 0 Å². The molecule has 27 heteroatoms. The highest BCUT2D eigenvalue weighted by atomic mass is 32.1. The standard InChI is InChI=1S/C27H27F4N3O.C26H27F4N3OS.C25H27F4N5O/c28-23-15-22(27(29,30)31)16-24(17-23)32-26(35)34(19-21-9-5-2-6-10-21)25-11-13-33(14-12-25)18-20-7-3-1-4-8-20;1-18-7-8-24(35-18)17-32-11-9-23(10-12-32)33(16-19-5-3-2-4-6-19)25(34)31-22-14-20(26(28,29)30)13-21(27)15-22;1-32-12-9-30-23(32)17-33-10-7-22(8-11-33)34(16-18-5-3-2-4-6-18)24(35)31-21-14-19(25(27,28)29)13-20(26)15-21/h1-10,15-17,25H,11-14,18-19H2,(H,32,35);2-8,13-15,23H,9-12,16-17H2,1H3,(H,31,34);2-6,9,12-15,22H,7-8,10-11,16-17H2,1H3,(H,31,35). The van der Waals surface area contributed by atoms with Crippen molar-refractivity contribution in [1.29, 1.82) is 0 Å². The van der Waals surface area contributed by atoms with E-state index in [1.807, 2.05) is 127 Å². The van der Waals surface area contributed by atoms with E-state index in [1.165, 1.54) is 15.3 Å². The Hall–Kier alpha value is -9.70. The number of hydrogen-bond donors (Lipinski definition) is 3. The lowest BCUT2D eigenvalue weighted by Gasteiger charge is -2.38. The number of piperidine rings is 3. The molecule has 556 valence electrons. The fourth-order valence-corrected chi connectivity index (χ4v) is 14.0. The molecular formula is C78H81F12N11O3S. The number of likely N-dealkylation sites (tertiary alicyclic amines) is 3. The van der Waals surface area contributed by atoms with Crippen molar-refractivity contribution < 1.29 is 67.1 Å². The number of thiophene rings is 1. The number of nitrogens with zero attached hydrogens (tertiary/aromatic N) is 8. The van der Waals surface area contributed by atoms with Crippen molar-refractivity contribution >= 4 is 46.5 Å². The lowest BCUT2D eigenvalue weighted by molar-refractivity contribution is -0.138. The molecule has 0 bridgehead atoms. The predicted molar refractivity (Wildman–Crippen MR) is 381 cm³/mol. The van der Waals surface area contributed by atoms with Crippen LogP contribution in [0.5, 0.6) is 0 Å². The number of carbonyl (C=O) groups is 3. The molecule has 6 amide bonds. The van der Waals surface area contributed by atoms with Crippen molar-refractivity contribution in [2.45, 2.75) is 121 Å². The van der Waals surface area contributed by atoms with Crippen LogP contribution in [0, 0.1) is 24.4 Å². The third-order valence-corrected chi connectivity index (χ3v) is 19.5. The number of aryl methyl sites for hydroxylation is 2. The van der Waals surface area contributed by atoms with Crippen LogP contribution in [-0.4, -0.2) is 114 Å². The topological polar surface area (TPSA) is 125 Å². The van der Waals surface area contributed by atoms with Gasteiger partial charge in [0.2, 0.25) is 0 Å². The second-order valence-electron chi connectivity index (χ2n) is 26.3. The minimum atomic E-state index is -4.72. The van der Waals surface area contributed by atoms with Crippen molar-refractivity contribution in [1.82, 2.24) is 39.0 Å². The second-order valence-corrected chi connectivity index (χ2v) is 27.7. The summed E-state index contributed by atoms with van der Waals surface area (Å²) in [6.45, 7) is 10.0. The molecule has 105 heavy (non-hydrogen) atoms. The van der Waals surface area contributed by atoms with E-state index in [-0.39, 0.29) is 41.7 Å². The smallest absolute Gasteiger partial charge is 0.337 e. The van der Waals surface area contributed by atoms with Crippen LogP contribution in [0.3, 0.4) is 0 Å². The predicted octanol–water partition coefficient (Wildman–Crippen LogP) is 18.7. The molecule has 3 saturated heterocycles. The van der Waals surface area contributed by atoms with Crippen LogP contribution in [0.25, 0.3) is 0 Å². The van der Waals surface area contributed by atoms with Gasteiger partial charge in [0.15, 0.2) is 0 Å². The lowest BCUT2D eigenvalue weighted by Crippen LogP contribution is -2.48. The summed E-state index contributed by atoms with van der Waals surface area (Å²) in [5.41, 5.74) is -0.162. The van der Waals surface area contributed by atoms with Gasteiger partial charge in [0.25, 0.3) is 0 Å². The summed E-state index contributed by atoms with van der Waals surface area (Å²) in [6.07, 6.45) is -6.17. The van der Waals surface area contributed by atoms with Crippen molar-refractivity contribution in [3.05, 3.63) is 272 Å². The van der Waals surface area contributed by atoms with Crippen molar-refractivity contribution in [2.75, 3.05) is 55.2 Å². The maximum absolute atomic E-state index is 13.9. The molecule has 0 radical (unpaired) electrons. The van der Waals surface area contributed by atoms with E-state index in [4.69, 9.17) is 0 Å². The molecule has 2 aromatic heterocycles. The Labute approximate surface area is 605 Å². The molecule has 0 saturated carbocycles. The van der Waals surface area contributed by atoms with Crippen LogP contribution in [0.15, 0.2) is 200 Å². The van der Waals surface area contributed by atoms with Gasteiger partial charge < -0.3 is 35.2 Å². The van der Waals surface area contributed by atoms with Crippen LogP contribution in [0.1, 0.15) is 93.0 Å². The molecule has 5 heterocycles. The van der Waals surface area contributed by atoms with E-state index >= 15 is 0 Å². The average molecular weight is 1480 g/mol.